The van der Waals surface area contributed by atoms with Crippen LogP contribution in [0.2, 0.25) is 0 Å². The lowest BCUT2D eigenvalue weighted by Crippen LogP contribution is -2.50. The minimum absolute atomic E-state index is 0.0127. The molecule has 1 fully saturated rings. The minimum atomic E-state index is -0.0127. The van der Waals surface area contributed by atoms with E-state index < -0.39 is 0 Å². The SMILES string of the molecule is N#Cc1nccnc1N1CC(Cn2nc3c(cc2=O)CCC3)C1. The van der Waals surface area contributed by atoms with Gasteiger partial charge in [-0.15, -0.1) is 0 Å². The molecule has 7 nitrogen and oxygen atoms in total. The number of anilines is 1. The van der Waals surface area contributed by atoms with Crippen molar-refractivity contribution in [3.8, 4) is 6.07 Å². The summed E-state index contributed by atoms with van der Waals surface area (Å²) in [5.41, 5.74) is 2.52. The summed E-state index contributed by atoms with van der Waals surface area (Å²) in [4.78, 5) is 22.4. The Balaban J connectivity index is 1.46. The number of hydrogen-bond acceptors (Lipinski definition) is 6. The molecule has 2 aromatic rings. The van der Waals surface area contributed by atoms with Crippen molar-refractivity contribution < 1.29 is 0 Å². The second-order valence-corrected chi connectivity index (χ2v) is 6.10. The van der Waals surface area contributed by atoms with Crippen LogP contribution in [0.25, 0.3) is 0 Å². The summed E-state index contributed by atoms with van der Waals surface area (Å²) in [6, 6.07) is 3.80. The van der Waals surface area contributed by atoms with Gasteiger partial charge in [0.05, 0.1) is 12.2 Å². The highest BCUT2D eigenvalue weighted by Gasteiger charge is 2.30. The smallest absolute Gasteiger partial charge is 0.267 e. The third-order valence-corrected chi connectivity index (χ3v) is 4.50. The molecule has 1 saturated heterocycles. The normalized spacial score (nSPS) is 16.7. The monoisotopic (exact) mass is 308 g/mol. The Morgan fingerprint density at radius 2 is 2.09 bits per heavy atom. The molecule has 23 heavy (non-hydrogen) atoms. The summed E-state index contributed by atoms with van der Waals surface area (Å²) in [5.74, 6) is 0.966. The quantitative estimate of drug-likeness (QED) is 0.822. The molecular formula is C16H16N6O. The molecule has 4 rings (SSSR count). The van der Waals surface area contributed by atoms with Crippen molar-refractivity contribution in [3.05, 3.63) is 45.8 Å². The minimum Gasteiger partial charge on any atom is -0.353 e. The summed E-state index contributed by atoms with van der Waals surface area (Å²) in [6.07, 6.45) is 6.15. The maximum atomic E-state index is 12.1. The van der Waals surface area contributed by atoms with E-state index in [0.717, 1.165) is 43.6 Å². The van der Waals surface area contributed by atoms with Crippen LogP contribution in [0.5, 0.6) is 0 Å². The number of fused-ring (bicyclic) bond motifs is 1. The average molecular weight is 308 g/mol. The van der Waals surface area contributed by atoms with Crippen LogP contribution in [0.4, 0.5) is 5.82 Å². The summed E-state index contributed by atoms with van der Waals surface area (Å²) < 4.78 is 1.59. The van der Waals surface area contributed by atoms with Gasteiger partial charge in [-0.1, -0.05) is 0 Å². The molecular weight excluding hydrogens is 292 g/mol. The Labute approximate surface area is 133 Å². The van der Waals surface area contributed by atoms with Gasteiger partial charge in [0.1, 0.15) is 6.07 Å². The summed E-state index contributed by atoms with van der Waals surface area (Å²) in [6.45, 7) is 2.14. The van der Waals surface area contributed by atoms with E-state index in [2.05, 4.69) is 21.1 Å². The molecule has 0 unspecified atom stereocenters. The first kappa shape index (κ1) is 13.9. The molecule has 0 saturated carbocycles. The van der Waals surface area contributed by atoms with Crippen molar-refractivity contribution in [1.82, 2.24) is 19.7 Å². The van der Waals surface area contributed by atoms with Crippen molar-refractivity contribution in [2.24, 2.45) is 5.92 Å². The van der Waals surface area contributed by atoms with Crippen LogP contribution in [0.3, 0.4) is 0 Å². The number of aromatic nitrogens is 4. The molecule has 2 aliphatic rings. The molecule has 0 spiro atoms. The second-order valence-electron chi connectivity index (χ2n) is 6.10. The fraction of sp³-hybridized carbons (Fsp3) is 0.438. The van der Waals surface area contributed by atoms with Gasteiger partial charge >= 0.3 is 0 Å². The Kier molecular flexibility index (Phi) is 3.30. The van der Waals surface area contributed by atoms with Crippen molar-refractivity contribution in [3.63, 3.8) is 0 Å². The number of aryl methyl sites for hydroxylation is 2. The van der Waals surface area contributed by atoms with Crippen LogP contribution in [0, 0.1) is 17.2 Å². The maximum absolute atomic E-state index is 12.1. The Morgan fingerprint density at radius 1 is 1.26 bits per heavy atom. The molecule has 0 amide bonds. The molecule has 116 valence electrons. The van der Waals surface area contributed by atoms with Gasteiger partial charge in [0.2, 0.25) is 0 Å². The van der Waals surface area contributed by atoms with Crippen LogP contribution in [-0.2, 0) is 19.4 Å². The van der Waals surface area contributed by atoms with E-state index in [9.17, 15) is 4.79 Å². The average Bonchev–Trinajstić information content (AvgIpc) is 2.97. The van der Waals surface area contributed by atoms with Crippen LogP contribution < -0.4 is 10.5 Å². The van der Waals surface area contributed by atoms with Crippen LogP contribution >= 0.6 is 0 Å². The van der Waals surface area contributed by atoms with Gasteiger partial charge in [0, 0.05) is 37.5 Å². The standard InChI is InChI=1S/C16H16N6O/c17-7-14-16(19-5-4-18-14)21-8-11(9-21)10-22-15(23)6-12-2-1-3-13(12)20-22/h4-6,11H,1-3,8-10H2. The summed E-state index contributed by atoms with van der Waals surface area (Å²) in [7, 11) is 0. The third kappa shape index (κ3) is 2.46. The second kappa shape index (κ2) is 5.47. The van der Waals surface area contributed by atoms with Gasteiger partial charge < -0.3 is 4.90 Å². The lowest BCUT2D eigenvalue weighted by molar-refractivity contribution is 0.331. The van der Waals surface area contributed by atoms with Gasteiger partial charge in [-0.2, -0.15) is 10.4 Å². The fourth-order valence-corrected chi connectivity index (χ4v) is 3.31. The fourth-order valence-electron chi connectivity index (χ4n) is 3.31. The van der Waals surface area contributed by atoms with E-state index in [1.54, 1.807) is 16.9 Å². The van der Waals surface area contributed by atoms with E-state index in [0.29, 0.717) is 24.0 Å². The molecule has 0 bridgehead atoms. The van der Waals surface area contributed by atoms with E-state index in [1.807, 2.05) is 4.90 Å². The van der Waals surface area contributed by atoms with Crippen LogP contribution in [0.15, 0.2) is 23.3 Å². The maximum Gasteiger partial charge on any atom is 0.267 e. The van der Waals surface area contributed by atoms with Crippen LogP contribution in [-0.4, -0.2) is 32.8 Å². The molecule has 0 aromatic carbocycles. The molecule has 2 aromatic heterocycles. The summed E-state index contributed by atoms with van der Waals surface area (Å²) in [5, 5.41) is 13.6. The highest BCUT2D eigenvalue weighted by molar-refractivity contribution is 5.51. The zero-order valence-corrected chi connectivity index (χ0v) is 12.6. The molecule has 0 radical (unpaired) electrons. The largest absolute Gasteiger partial charge is 0.353 e. The van der Waals surface area contributed by atoms with Crippen LogP contribution in [0.1, 0.15) is 23.4 Å². The first-order valence-electron chi connectivity index (χ1n) is 7.80. The molecule has 0 N–H and O–H groups in total. The third-order valence-electron chi connectivity index (χ3n) is 4.50. The van der Waals surface area contributed by atoms with Crippen molar-refractivity contribution >= 4 is 5.82 Å². The molecule has 1 aliphatic carbocycles. The van der Waals surface area contributed by atoms with Gasteiger partial charge in [-0.25, -0.2) is 14.6 Å². The summed E-state index contributed by atoms with van der Waals surface area (Å²) >= 11 is 0. The molecule has 0 atom stereocenters. The molecule has 7 heteroatoms. The first-order chi connectivity index (χ1) is 11.2. The van der Waals surface area contributed by atoms with Crippen molar-refractivity contribution in [1.29, 1.82) is 5.26 Å². The van der Waals surface area contributed by atoms with Crippen molar-refractivity contribution in [2.75, 3.05) is 18.0 Å². The lowest BCUT2D eigenvalue weighted by Gasteiger charge is -2.40. The molecule has 3 heterocycles. The van der Waals surface area contributed by atoms with E-state index >= 15 is 0 Å². The Morgan fingerprint density at radius 3 is 2.91 bits per heavy atom. The van der Waals surface area contributed by atoms with Gasteiger partial charge in [0.15, 0.2) is 11.5 Å². The van der Waals surface area contributed by atoms with Gasteiger partial charge in [-0.3, -0.25) is 4.79 Å². The van der Waals surface area contributed by atoms with Crippen molar-refractivity contribution in [2.45, 2.75) is 25.8 Å². The Bertz CT molecular complexity index is 846. The first-order valence-corrected chi connectivity index (χ1v) is 7.80. The zero-order valence-electron chi connectivity index (χ0n) is 12.6. The topological polar surface area (TPSA) is 87.7 Å². The number of nitriles is 1. The molecule has 1 aliphatic heterocycles. The number of nitrogens with zero attached hydrogens (tertiary/aromatic N) is 6. The highest BCUT2D eigenvalue weighted by atomic mass is 16.1. The number of hydrogen-bond donors (Lipinski definition) is 0. The Hall–Kier alpha value is -2.75. The van der Waals surface area contributed by atoms with E-state index in [-0.39, 0.29) is 5.56 Å². The zero-order chi connectivity index (χ0) is 15.8. The predicted molar refractivity (Wildman–Crippen MR) is 83.0 cm³/mol. The van der Waals surface area contributed by atoms with Gasteiger partial charge in [0.25, 0.3) is 5.56 Å². The van der Waals surface area contributed by atoms with Gasteiger partial charge in [-0.05, 0) is 24.8 Å². The van der Waals surface area contributed by atoms with E-state index in [1.165, 1.54) is 6.20 Å². The lowest BCUT2D eigenvalue weighted by atomic mass is 10.00. The van der Waals surface area contributed by atoms with E-state index in [4.69, 9.17) is 5.26 Å². The predicted octanol–water partition coefficient (Wildman–Crippen LogP) is 0.530. The number of rotatable bonds is 3. The highest BCUT2D eigenvalue weighted by Crippen LogP contribution is 2.25.